The zero-order valence-corrected chi connectivity index (χ0v) is 40.1. The molecule has 0 saturated carbocycles. The number of rotatable bonds is 9. The quantitative estimate of drug-likeness (QED) is 0.139. The van der Waals surface area contributed by atoms with Crippen LogP contribution in [0.4, 0.5) is 0 Å². The van der Waals surface area contributed by atoms with Gasteiger partial charge in [-0.2, -0.15) is 0 Å². The van der Waals surface area contributed by atoms with Gasteiger partial charge in [0.2, 0.25) is 0 Å². The van der Waals surface area contributed by atoms with Crippen molar-refractivity contribution < 1.29 is 29.2 Å². The number of fused-ring (bicyclic) bond motifs is 6. The van der Waals surface area contributed by atoms with Crippen LogP contribution in [0.5, 0.6) is 34.5 Å². The molecule has 0 atom stereocenters. The lowest BCUT2D eigenvalue weighted by Crippen LogP contribution is -2.29. The highest BCUT2D eigenvalue weighted by Gasteiger charge is 2.23. The molecule has 0 fully saturated rings. The molecule has 0 aliphatic carbocycles. The van der Waals surface area contributed by atoms with Gasteiger partial charge in [0.05, 0.1) is 28.4 Å². The predicted molar refractivity (Wildman–Crippen MR) is 266 cm³/mol. The largest absolute Gasteiger partial charge is 0.508 e. The summed E-state index contributed by atoms with van der Waals surface area (Å²) >= 11 is 7.10. The Morgan fingerprint density at radius 2 is 0.698 bits per heavy atom. The molecule has 0 radical (unpaired) electrons. The number of phenolic OH excluding ortho intramolecular Hbond substituents is 2. The lowest BCUT2D eigenvalue weighted by atomic mass is 9.96. The zero-order chi connectivity index (χ0) is 44.5. The number of nitrogens with zero attached hydrogens (tertiary/aromatic N) is 2. The van der Waals surface area contributed by atoms with Crippen LogP contribution in [0.2, 0.25) is 0 Å². The molecule has 2 aliphatic rings. The molecule has 8 nitrogen and oxygen atoms in total. The maximum atomic E-state index is 9.74. The molecule has 10 heteroatoms. The molecule has 0 aromatic heterocycles. The Morgan fingerprint density at radius 3 is 0.984 bits per heavy atom. The summed E-state index contributed by atoms with van der Waals surface area (Å²) in [6.45, 7) is 12.3. The SMILES string of the molecule is C.CC(C)N1Cc2cc(O)ccc2-c2ccc(O)cc2C1.COc1ccc(-c2ccc(OC)cc2CBr)c(CBr)c1.COc1ccc2c(c1)CN(C(C)C)Cc1cc(OC)ccc1-2. The van der Waals surface area contributed by atoms with Crippen molar-refractivity contribution in [3.8, 4) is 67.9 Å². The number of benzene rings is 6. The average molecular weight is 983 g/mol. The van der Waals surface area contributed by atoms with Gasteiger partial charge in [0.25, 0.3) is 0 Å². The summed E-state index contributed by atoms with van der Waals surface area (Å²) in [5, 5.41) is 21.0. The molecule has 8 rings (SSSR count). The first-order valence-electron chi connectivity index (χ1n) is 20.8. The molecule has 2 heterocycles. The maximum absolute atomic E-state index is 9.74. The Labute approximate surface area is 391 Å². The van der Waals surface area contributed by atoms with Crippen molar-refractivity contribution >= 4 is 31.9 Å². The van der Waals surface area contributed by atoms with E-state index in [1.807, 2.05) is 48.5 Å². The third-order valence-corrected chi connectivity index (χ3v) is 12.7. The number of phenols is 2. The van der Waals surface area contributed by atoms with Crippen LogP contribution in [-0.2, 0) is 36.8 Å². The fraction of sp³-hybridized carbons (Fsp3) is 0.321. The molecule has 334 valence electrons. The molecule has 0 saturated heterocycles. The van der Waals surface area contributed by atoms with Crippen molar-refractivity contribution in [2.24, 2.45) is 0 Å². The van der Waals surface area contributed by atoms with E-state index in [0.717, 1.165) is 82.1 Å². The summed E-state index contributed by atoms with van der Waals surface area (Å²) in [6, 6.07) is 37.0. The summed E-state index contributed by atoms with van der Waals surface area (Å²) < 4.78 is 21.4. The van der Waals surface area contributed by atoms with Crippen LogP contribution in [0.1, 0.15) is 68.5 Å². The van der Waals surface area contributed by atoms with Gasteiger partial charge >= 0.3 is 0 Å². The van der Waals surface area contributed by atoms with Crippen molar-refractivity contribution in [3.63, 3.8) is 0 Å². The number of hydrogen-bond acceptors (Lipinski definition) is 8. The highest BCUT2D eigenvalue weighted by Crippen LogP contribution is 2.39. The van der Waals surface area contributed by atoms with Crippen LogP contribution in [0.3, 0.4) is 0 Å². The van der Waals surface area contributed by atoms with Gasteiger partial charge < -0.3 is 29.2 Å². The summed E-state index contributed by atoms with van der Waals surface area (Å²) in [5.41, 5.74) is 14.6. The standard InChI is InChI=1S/C19H23NO2.C17H19NO2.C16H16Br2O2.CH4/c1-13(2)20-11-14-9-16(21-3)5-7-18(14)19-8-6-17(22-4)10-15(19)12-20;1-11(2)18-9-12-7-14(19)3-5-16(12)17-6-4-15(20)8-13(17)10-18;1-19-13-3-5-15(11(7-13)9-17)16-6-4-14(20-2)8-12(16)10-18;/h5-10,13H,11-12H2,1-4H3;3-8,11,19-20H,9-10H2,1-2H3;3-8H,9-10H2,1-2H3;1H4. The molecular weight excluding hydrogens is 920 g/mol. The molecule has 0 amide bonds. The minimum atomic E-state index is 0. The van der Waals surface area contributed by atoms with E-state index in [-0.39, 0.29) is 7.43 Å². The molecule has 0 unspecified atom stereocenters. The van der Waals surface area contributed by atoms with E-state index >= 15 is 0 Å². The number of hydrogen-bond donors (Lipinski definition) is 2. The summed E-state index contributed by atoms with van der Waals surface area (Å²) in [4.78, 5) is 4.81. The Bertz CT molecular complexity index is 2310. The smallest absolute Gasteiger partial charge is 0.119 e. The van der Waals surface area contributed by atoms with Gasteiger partial charge in [0.1, 0.15) is 34.5 Å². The normalized spacial score (nSPS) is 13.0. The molecule has 63 heavy (non-hydrogen) atoms. The van der Waals surface area contributed by atoms with E-state index in [9.17, 15) is 10.2 Å². The number of alkyl halides is 2. The predicted octanol–water partition coefficient (Wildman–Crippen LogP) is 13.4. The minimum absolute atomic E-state index is 0. The Balaban J connectivity index is 0.000000177. The maximum Gasteiger partial charge on any atom is 0.119 e. The van der Waals surface area contributed by atoms with Crippen LogP contribution >= 0.6 is 31.9 Å². The molecular formula is C53H62Br2N2O6. The molecule has 6 aromatic carbocycles. The summed E-state index contributed by atoms with van der Waals surface area (Å²) in [5.74, 6) is 4.18. The van der Waals surface area contributed by atoms with Crippen molar-refractivity contribution in [1.82, 2.24) is 9.80 Å². The van der Waals surface area contributed by atoms with Crippen molar-refractivity contribution in [3.05, 3.63) is 143 Å². The van der Waals surface area contributed by atoms with Gasteiger partial charge in [-0.1, -0.05) is 75.7 Å². The Hall–Kier alpha value is -5.00. The second-order valence-electron chi connectivity index (χ2n) is 16.0. The number of methoxy groups -OCH3 is 4. The van der Waals surface area contributed by atoms with E-state index in [1.165, 1.54) is 44.5 Å². The van der Waals surface area contributed by atoms with Gasteiger partial charge in [0, 0.05) is 48.9 Å². The van der Waals surface area contributed by atoms with Gasteiger partial charge in [-0.05, 0) is 167 Å². The van der Waals surface area contributed by atoms with E-state index in [0.29, 0.717) is 23.6 Å². The minimum Gasteiger partial charge on any atom is -0.508 e. The second kappa shape index (κ2) is 22.6. The van der Waals surface area contributed by atoms with Crippen LogP contribution in [0, 0.1) is 0 Å². The first-order chi connectivity index (χ1) is 29.9. The fourth-order valence-corrected chi connectivity index (χ4v) is 8.91. The van der Waals surface area contributed by atoms with Gasteiger partial charge in [-0.15, -0.1) is 0 Å². The van der Waals surface area contributed by atoms with Crippen LogP contribution in [0.15, 0.2) is 109 Å². The van der Waals surface area contributed by atoms with E-state index < -0.39 is 0 Å². The molecule has 2 N–H and O–H groups in total. The highest BCUT2D eigenvalue weighted by molar-refractivity contribution is 9.08. The Morgan fingerprint density at radius 1 is 0.429 bits per heavy atom. The number of aromatic hydroxyl groups is 2. The lowest BCUT2D eigenvalue weighted by molar-refractivity contribution is 0.205. The van der Waals surface area contributed by atoms with Gasteiger partial charge in [-0.3, -0.25) is 9.80 Å². The van der Waals surface area contributed by atoms with Crippen LogP contribution in [0.25, 0.3) is 33.4 Å². The van der Waals surface area contributed by atoms with Crippen molar-refractivity contribution in [2.45, 2.75) is 84.0 Å². The van der Waals surface area contributed by atoms with E-state index in [2.05, 4.69) is 118 Å². The van der Waals surface area contributed by atoms with Crippen LogP contribution < -0.4 is 18.9 Å². The number of halogens is 2. The molecule has 2 aliphatic heterocycles. The van der Waals surface area contributed by atoms with E-state index in [4.69, 9.17) is 18.9 Å². The summed E-state index contributed by atoms with van der Waals surface area (Å²) in [7, 11) is 6.81. The topological polar surface area (TPSA) is 83.9 Å². The van der Waals surface area contributed by atoms with Gasteiger partial charge in [0.15, 0.2) is 0 Å². The Kier molecular flexibility index (Phi) is 17.6. The first kappa shape index (κ1) is 49.0. The second-order valence-corrected chi connectivity index (χ2v) is 17.2. The molecule has 0 bridgehead atoms. The zero-order valence-electron chi connectivity index (χ0n) is 37.0. The monoisotopic (exact) mass is 980 g/mol. The third kappa shape index (κ3) is 11.8. The average Bonchev–Trinajstić information content (AvgIpc) is 3.55. The number of ether oxygens (including phenoxy) is 4. The van der Waals surface area contributed by atoms with Gasteiger partial charge in [-0.25, -0.2) is 0 Å². The van der Waals surface area contributed by atoms with Crippen LogP contribution in [-0.4, -0.2) is 60.5 Å². The van der Waals surface area contributed by atoms with Crippen molar-refractivity contribution in [2.75, 3.05) is 28.4 Å². The highest BCUT2D eigenvalue weighted by atomic mass is 79.9. The molecule has 0 spiro atoms. The molecule has 6 aromatic rings. The lowest BCUT2D eigenvalue weighted by Gasteiger charge is -2.25. The fourth-order valence-electron chi connectivity index (χ4n) is 7.99. The first-order valence-corrected chi connectivity index (χ1v) is 23.1. The summed E-state index contributed by atoms with van der Waals surface area (Å²) in [6.07, 6.45) is 0. The third-order valence-electron chi connectivity index (χ3n) is 11.5. The van der Waals surface area contributed by atoms with Crippen molar-refractivity contribution in [1.29, 1.82) is 0 Å². The van der Waals surface area contributed by atoms with E-state index in [1.54, 1.807) is 40.6 Å².